The normalized spacial score (nSPS) is 14.6. The van der Waals surface area contributed by atoms with Gasteiger partial charge in [0.2, 0.25) is 0 Å². The van der Waals surface area contributed by atoms with E-state index in [9.17, 15) is 0 Å². The standard InChI is InChI=1S/C8H11N/c1-9-7-8-5-3-2-4-6-8/h2-6,9H,7H2,1H3/i7D. The largest absolute Gasteiger partial charge is 0.316 e. The highest BCUT2D eigenvalue weighted by Gasteiger charge is 1.83. The van der Waals surface area contributed by atoms with Crippen LogP contribution in [0.15, 0.2) is 30.3 Å². The van der Waals surface area contributed by atoms with Gasteiger partial charge >= 0.3 is 0 Å². The van der Waals surface area contributed by atoms with Gasteiger partial charge in [0.25, 0.3) is 0 Å². The highest BCUT2D eigenvalue weighted by Crippen LogP contribution is 1.95. The van der Waals surface area contributed by atoms with Gasteiger partial charge in [-0.15, -0.1) is 0 Å². The molecule has 0 saturated carbocycles. The van der Waals surface area contributed by atoms with Crippen molar-refractivity contribution in [2.75, 3.05) is 7.05 Å². The molecule has 48 valence electrons. The molecule has 1 aromatic rings. The Morgan fingerprint density at radius 2 is 2.11 bits per heavy atom. The Morgan fingerprint density at radius 1 is 1.44 bits per heavy atom. The lowest BCUT2D eigenvalue weighted by Crippen LogP contribution is -2.04. The molecule has 0 aromatic heterocycles. The molecule has 1 heteroatoms. The van der Waals surface area contributed by atoms with Crippen LogP contribution in [0.25, 0.3) is 0 Å². The number of hydrogen-bond acceptors (Lipinski definition) is 1. The van der Waals surface area contributed by atoms with Crippen LogP contribution in [0.4, 0.5) is 0 Å². The SMILES string of the molecule is [2H]C(NC)c1ccccc1. The van der Waals surface area contributed by atoms with Crippen molar-refractivity contribution in [1.82, 2.24) is 5.32 Å². The van der Waals surface area contributed by atoms with Crippen molar-refractivity contribution in [3.05, 3.63) is 35.9 Å². The van der Waals surface area contributed by atoms with E-state index in [0.717, 1.165) is 5.56 Å². The fourth-order valence-electron chi connectivity index (χ4n) is 0.716. The molecule has 1 nitrogen and oxygen atoms in total. The van der Waals surface area contributed by atoms with Crippen LogP contribution in [0.3, 0.4) is 0 Å². The summed E-state index contributed by atoms with van der Waals surface area (Å²) in [5, 5.41) is 2.85. The van der Waals surface area contributed by atoms with Gasteiger partial charge in [-0.2, -0.15) is 0 Å². The summed E-state index contributed by atoms with van der Waals surface area (Å²) in [6.45, 7) is -0.291. The lowest BCUT2D eigenvalue weighted by Gasteiger charge is -1.95. The molecular weight excluding hydrogens is 110 g/mol. The van der Waals surface area contributed by atoms with E-state index in [0.29, 0.717) is 0 Å². The van der Waals surface area contributed by atoms with Crippen LogP contribution >= 0.6 is 0 Å². The zero-order valence-electron chi connectivity index (χ0n) is 6.46. The van der Waals surface area contributed by atoms with Gasteiger partial charge in [0.1, 0.15) is 0 Å². The zero-order valence-corrected chi connectivity index (χ0v) is 5.46. The quantitative estimate of drug-likeness (QED) is 0.625. The predicted molar refractivity (Wildman–Crippen MR) is 39.2 cm³/mol. The summed E-state index contributed by atoms with van der Waals surface area (Å²) in [5.41, 5.74) is 1.00. The summed E-state index contributed by atoms with van der Waals surface area (Å²) in [6.07, 6.45) is 0. The van der Waals surface area contributed by atoms with Gasteiger partial charge in [0.15, 0.2) is 0 Å². The van der Waals surface area contributed by atoms with Crippen molar-refractivity contribution in [3.63, 3.8) is 0 Å². The van der Waals surface area contributed by atoms with Crippen molar-refractivity contribution in [3.8, 4) is 0 Å². The summed E-state index contributed by atoms with van der Waals surface area (Å²) in [6, 6.07) is 9.70. The fourth-order valence-corrected chi connectivity index (χ4v) is 0.716. The van der Waals surface area contributed by atoms with Crippen LogP contribution in [-0.4, -0.2) is 7.05 Å². The molecule has 0 radical (unpaired) electrons. The van der Waals surface area contributed by atoms with Crippen LogP contribution in [0.1, 0.15) is 6.93 Å². The maximum Gasteiger partial charge on any atom is 0.0479 e. The molecule has 0 spiro atoms. The van der Waals surface area contributed by atoms with Crippen LogP contribution in [0.5, 0.6) is 0 Å². The topological polar surface area (TPSA) is 12.0 Å². The zero-order chi connectivity index (χ0) is 7.40. The maximum atomic E-state index is 7.45. The minimum Gasteiger partial charge on any atom is -0.316 e. The van der Waals surface area contributed by atoms with Gasteiger partial charge < -0.3 is 5.32 Å². The first-order valence-electron chi connectivity index (χ1n) is 3.57. The molecule has 0 aliphatic carbocycles. The molecule has 0 amide bonds. The number of hydrogen-bond donors (Lipinski definition) is 1. The van der Waals surface area contributed by atoms with E-state index in [1.807, 2.05) is 30.3 Å². The smallest absolute Gasteiger partial charge is 0.0479 e. The molecule has 0 fully saturated rings. The maximum absolute atomic E-state index is 7.45. The van der Waals surface area contributed by atoms with Crippen molar-refractivity contribution in [1.29, 1.82) is 0 Å². The van der Waals surface area contributed by atoms with Gasteiger partial charge in [-0.1, -0.05) is 30.3 Å². The van der Waals surface area contributed by atoms with Gasteiger partial charge in [0, 0.05) is 7.89 Å². The highest BCUT2D eigenvalue weighted by atomic mass is 14.8. The number of benzene rings is 1. The van der Waals surface area contributed by atoms with E-state index in [-0.39, 0.29) is 6.52 Å². The lowest BCUT2D eigenvalue weighted by atomic mass is 10.2. The highest BCUT2D eigenvalue weighted by molar-refractivity contribution is 5.13. The summed E-state index contributed by atoms with van der Waals surface area (Å²) >= 11 is 0. The Hall–Kier alpha value is -0.820. The Kier molecular flexibility index (Phi) is 1.81. The van der Waals surface area contributed by atoms with Gasteiger partial charge in [-0.05, 0) is 12.6 Å². The molecule has 1 N–H and O–H groups in total. The molecule has 0 aliphatic rings. The van der Waals surface area contributed by atoms with E-state index in [1.165, 1.54) is 0 Å². The molecule has 0 bridgehead atoms. The van der Waals surface area contributed by atoms with Crippen LogP contribution in [-0.2, 0) is 6.52 Å². The summed E-state index contributed by atoms with van der Waals surface area (Å²) in [7, 11) is 1.78. The lowest BCUT2D eigenvalue weighted by molar-refractivity contribution is 0.818. The van der Waals surface area contributed by atoms with E-state index in [2.05, 4.69) is 5.32 Å². The van der Waals surface area contributed by atoms with Gasteiger partial charge in [-0.3, -0.25) is 0 Å². The van der Waals surface area contributed by atoms with Gasteiger partial charge in [0.05, 0.1) is 0 Å². The molecular formula is C8H11N. The van der Waals surface area contributed by atoms with Crippen molar-refractivity contribution in [2.24, 2.45) is 0 Å². The van der Waals surface area contributed by atoms with Gasteiger partial charge in [-0.25, -0.2) is 0 Å². The Labute approximate surface area is 57.1 Å². The second-order valence-electron chi connectivity index (χ2n) is 1.84. The number of rotatable bonds is 2. The van der Waals surface area contributed by atoms with Crippen molar-refractivity contribution < 1.29 is 1.37 Å². The molecule has 9 heavy (non-hydrogen) atoms. The van der Waals surface area contributed by atoms with E-state index in [4.69, 9.17) is 1.37 Å². The first-order chi connectivity index (χ1) is 4.84. The molecule has 1 atom stereocenters. The second-order valence-corrected chi connectivity index (χ2v) is 1.84. The molecule has 1 rings (SSSR count). The third kappa shape index (κ3) is 1.86. The third-order valence-corrected chi connectivity index (χ3v) is 1.11. The van der Waals surface area contributed by atoms with Crippen LogP contribution in [0, 0.1) is 0 Å². The summed E-state index contributed by atoms with van der Waals surface area (Å²) < 4.78 is 7.45. The Morgan fingerprint density at radius 3 is 2.67 bits per heavy atom. The molecule has 1 aromatic carbocycles. The monoisotopic (exact) mass is 122 g/mol. The van der Waals surface area contributed by atoms with E-state index < -0.39 is 0 Å². The minimum absolute atomic E-state index is 0.291. The predicted octanol–water partition coefficient (Wildman–Crippen LogP) is 1.41. The van der Waals surface area contributed by atoms with E-state index >= 15 is 0 Å². The van der Waals surface area contributed by atoms with E-state index in [1.54, 1.807) is 7.05 Å². The summed E-state index contributed by atoms with van der Waals surface area (Å²) in [5.74, 6) is 0. The van der Waals surface area contributed by atoms with Crippen molar-refractivity contribution >= 4 is 0 Å². The van der Waals surface area contributed by atoms with Crippen molar-refractivity contribution in [2.45, 2.75) is 6.52 Å². The second kappa shape index (κ2) is 3.25. The molecule has 1 unspecified atom stereocenters. The summed E-state index contributed by atoms with van der Waals surface area (Å²) in [4.78, 5) is 0. The molecule has 0 heterocycles. The fraction of sp³-hybridized carbons (Fsp3) is 0.250. The van der Waals surface area contributed by atoms with Crippen LogP contribution < -0.4 is 5.32 Å². The minimum atomic E-state index is -0.291. The van der Waals surface area contributed by atoms with Crippen LogP contribution in [0.2, 0.25) is 0 Å². The Bertz CT molecular complexity index is 186. The Balaban J connectivity index is 2.75. The first-order valence-corrected chi connectivity index (χ1v) is 2.99. The average Bonchev–Trinajstić information content (AvgIpc) is 2.05. The average molecular weight is 122 g/mol. The first kappa shape index (κ1) is 5.00. The number of nitrogens with one attached hydrogen (secondary N) is 1. The molecule has 0 saturated heterocycles. The third-order valence-electron chi connectivity index (χ3n) is 1.11. The molecule has 0 aliphatic heterocycles.